The van der Waals surface area contributed by atoms with Crippen molar-refractivity contribution in [3.63, 3.8) is 0 Å². The van der Waals surface area contributed by atoms with E-state index in [1.54, 1.807) is 0 Å². The number of fused-ring (bicyclic) bond motifs is 1. The molecule has 0 bridgehead atoms. The smallest absolute Gasteiger partial charge is 0.0480 e. The van der Waals surface area contributed by atoms with Crippen LogP contribution < -0.4 is 0 Å². The van der Waals surface area contributed by atoms with Gasteiger partial charge in [0.15, 0.2) is 0 Å². The first-order chi connectivity index (χ1) is 7.74. The predicted molar refractivity (Wildman–Crippen MR) is 70.7 cm³/mol. The Bertz CT molecular complexity index is 463. The average Bonchev–Trinajstić information content (AvgIpc) is 2.68. The third kappa shape index (κ3) is 2.13. The van der Waals surface area contributed by atoms with Crippen LogP contribution in [0.5, 0.6) is 0 Å². The van der Waals surface area contributed by atoms with Crippen LogP contribution in [0.25, 0.3) is 10.9 Å². The first-order valence-corrected chi connectivity index (χ1v) is 6.30. The third-order valence-electron chi connectivity index (χ3n) is 3.54. The molecular formula is C15H21N. The number of nitrogens with zero attached hydrogens (tertiary/aromatic N) is 1. The summed E-state index contributed by atoms with van der Waals surface area (Å²) in [6.07, 6.45) is 4.76. The number of benzene rings is 1. The van der Waals surface area contributed by atoms with Gasteiger partial charge < -0.3 is 4.57 Å². The first-order valence-electron chi connectivity index (χ1n) is 6.30. The summed E-state index contributed by atoms with van der Waals surface area (Å²) in [7, 11) is 0. The van der Waals surface area contributed by atoms with E-state index in [9.17, 15) is 0 Å². The van der Waals surface area contributed by atoms with Crippen molar-refractivity contribution in [1.82, 2.24) is 4.57 Å². The van der Waals surface area contributed by atoms with E-state index in [1.807, 2.05) is 0 Å². The second-order valence-electron chi connectivity index (χ2n) is 4.71. The molecule has 0 spiro atoms. The van der Waals surface area contributed by atoms with Crippen LogP contribution in [-0.4, -0.2) is 4.57 Å². The van der Waals surface area contributed by atoms with Crippen molar-refractivity contribution in [2.45, 2.75) is 40.2 Å². The molecule has 86 valence electrons. The van der Waals surface area contributed by atoms with E-state index in [0.717, 1.165) is 12.5 Å². The molecule has 0 saturated carbocycles. The fourth-order valence-corrected chi connectivity index (χ4v) is 2.30. The molecule has 1 heterocycles. The van der Waals surface area contributed by atoms with Crippen molar-refractivity contribution < 1.29 is 0 Å². The maximum Gasteiger partial charge on any atom is 0.0480 e. The van der Waals surface area contributed by atoms with Crippen LogP contribution >= 0.6 is 0 Å². The first kappa shape index (κ1) is 11.3. The topological polar surface area (TPSA) is 4.93 Å². The lowest BCUT2D eigenvalue weighted by atomic mass is 10.0. The summed E-state index contributed by atoms with van der Waals surface area (Å²) in [5.41, 5.74) is 2.71. The normalized spacial score (nSPS) is 11.5. The molecule has 0 N–H and O–H groups in total. The molecule has 0 radical (unpaired) electrons. The highest BCUT2D eigenvalue weighted by molar-refractivity contribution is 5.80. The van der Waals surface area contributed by atoms with Gasteiger partial charge in [0, 0.05) is 18.3 Å². The van der Waals surface area contributed by atoms with E-state index >= 15 is 0 Å². The molecule has 0 aliphatic rings. The zero-order valence-corrected chi connectivity index (χ0v) is 10.5. The van der Waals surface area contributed by atoms with Crippen LogP contribution in [0.15, 0.2) is 30.5 Å². The third-order valence-corrected chi connectivity index (χ3v) is 3.54. The Labute approximate surface area is 98.1 Å². The number of hydrogen-bond donors (Lipinski definition) is 0. The SMILES string of the molecule is CCC(CC)Cn1ccc2cc(C)ccc21. The monoisotopic (exact) mass is 215 g/mol. The molecule has 0 fully saturated rings. The Kier molecular flexibility index (Phi) is 3.33. The van der Waals surface area contributed by atoms with E-state index in [-0.39, 0.29) is 0 Å². The lowest BCUT2D eigenvalue weighted by Gasteiger charge is -2.14. The molecule has 1 aromatic carbocycles. The van der Waals surface area contributed by atoms with Crippen LogP contribution in [0.3, 0.4) is 0 Å². The number of aryl methyl sites for hydroxylation is 1. The fraction of sp³-hybridized carbons (Fsp3) is 0.467. The Hall–Kier alpha value is -1.24. The molecule has 2 rings (SSSR count). The molecular weight excluding hydrogens is 194 g/mol. The van der Waals surface area contributed by atoms with E-state index in [2.05, 4.69) is 55.8 Å². The molecule has 1 nitrogen and oxygen atoms in total. The highest BCUT2D eigenvalue weighted by Crippen LogP contribution is 2.20. The Balaban J connectivity index is 2.31. The predicted octanol–water partition coefficient (Wildman–Crippen LogP) is 4.39. The van der Waals surface area contributed by atoms with Crippen molar-refractivity contribution in [1.29, 1.82) is 0 Å². The minimum Gasteiger partial charge on any atom is -0.347 e. The molecule has 0 saturated heterocycles. The summed E-state index contributed by atoms with van der Waals surface area (Å²) >= 11 is 0. The summed E-state index contributed by atoms with van der Waals surface area (Å²) in [6.45, 7) is 7.87. The van der Waals surface area contributed by atoms with Gasteiger partial charge in [-0.15, -0.1) is 0 Å². The largest absolute Gasteiger partial charge is 0.347 e. The van der Waals surface area contributed by atoms with Crippen molar-refractivity contribution in [3.8, 4) is 0 Å². The molecule has 2 aromatic rings. The van der Waals surface area contributed by atoms with Gasteiger partial charge in [-0.3, -0.25) is 0 Å². The maximum atomic E-state index is 2.40. The number of rotatable bonds is 4. The van der Waals surface area contributed by atoms with Gasteiger partial charge in [-0.2, -0.15) is 0 Å². The standard InChI is InChI=1S/C15H21N/c1-4-13(5-2)11-16-9-8-14-10-12(3)6-7-15(14)16/h6-10,13H,4-5,11H2,1-3H3. The van der Waals surface area contributed by atoms with E-state index in [1.165, 1.54) is 29.3 Å². The summed E-state index contributed by atoms with van der Waals surface area (Å²) in [5, 5.41) is 1.37. The minimum absolute atomic E-state index is 0.803. The molecule has 16 heavy (non-hydrogen) atoms. The van der Waals surface area contributed by atoms with E-state index in [0.29, 0.717) is 0 Å². The Morgan fingerprint density at radius 2 is 1.88 bits per heavy atom. The van der Waals surface area contributed by atoms with Gasteiger partial charge in [0.05, 0.1) is 0 Å². The molecule has 1 aromatic heterocycles. The Morgan fingerprint density at radius 1 is 1.12 bits per heavy atom. The minimum atomic E-state index is 0.803. The number of aromatic nitrogens is 1. The van der Waals surface area contributed by atoms with Gasteiger partial charge in [-0.05, 0) is 36.4 Å². The molecule has 0 aliphatic carbocycles. The van der Waals surface area contributed by atoms with Crippen LogP contribution in [0, 0.1) is 12.8 Å². The van der Waals surface area contributed by atoms with Crippen molar-refractivity contribution in [2.75, 3.05) is 0 Å². The maximum absolute atomic E-state index is 2.40. The van der Waals surface area contributed by atoms with Gasteiger partial charge in [-0.25, -0.2) is 0 Å². The molecule has 0 amide bonds. The van der Waals surface area contributed by atoms with Gasteiger partial charge in [0.2, 0.25) is 0 Å². The van der Waals surface area contributed by atoms with Gasteiger partial charge in [0.1, 0.15) is 0 Å². The summed E-state index contributed by atoms with van der Waals surface area (Å²) < 4.78 is 2.40. The van der Waals surface area contributed by atoms with Crippen molar-refractivity contribution >= 4 is 10.9 Å². The zero-order chi connectivity index (χ0) is 11.5. The molecule has 0 aliphatic heterocycles. The fourth-order valence-electron chi connectivity index (χ4n) is 2.30. The van der Waals surface area contributed by atoms with Gasteiger partial charge in [0.25, 0.3) is 0 Å². The summed E-state index contributed by atoms with van der Waals surface area (Å²) in [4.78, 5) is 0. The summed E-state index contributed by atoms with van der Waals surface area (Å²) in [6, 6.07) is 8.93. The highest BCUT2D eigenvalue weighted by Gasteiger charge is 2.06. The van der Waals surface area contributed by atoms with Crippen LogP contribution in [0.1, 0.15) is 32.3 Å². The van der Waals surface area contributed by atoms with E-state index in [4.69, 9.17) is 0 Å². The summed E-state index contributed by atoms with van der Waals surface area (Å²) in [5.74, 6) is 0.803. The number of hydrogen-bond acceptors (Lipinski definition) is 0. The van der Waals surface area contributed by atoms with Crippen LogP contribution in [0.2, 0.25) is 0 Å². The lowest BCUT2D eigenvalue weighted by molar-refractivity contribution is 0.425. The lowest BCUT2D eigenvalue weighted by Crippen LogP contribution is -2.07. The molecule has 1 heteroatoms. The van der Waals surface area contributed by atoms with Gasteiger partial charge in [-0.1, -0.05) is 38.3 Å². The van der Waals surface area contributed by atoms with Gasteiger partial charge >= 0.3 is 0 Å². The van der Waals surface area contributed by atoms with Crippen molar-refractivity contribution in [2.24, 2.45) is 5.92 Å². The van der Waals surface area contributed by atoms with Crippen molar-refractivity contribution in [3.05, 3.63) is 36.0 Å². The molecule has 0 atom stereocenters. The second kappa shape index (κ2) is 4.73. The van der Waals surface area contributed by atoms with Crippen LogP contribution in [-0.2, 0) is 6.54 Å². The second-order valence-corrected chi connectivity index (χ2v) is 4.71. The average molecular weight is 215 g/mol. The Morgan fingerprint density at radius 3 is 2.56 bits per heavy atom. The zero-order valence-electron chi connectivity index (χ0n) is 10.5. The molecule has 0 unspecified atom stereocenters. The van der Waals surface area contributed by atoms with Crippen LogP contribution in [0.4, 0.5) is 0 Å². The quantitative estimate of drug-likeness (QED) is 0.713. The van der Waals surface area contributed by atoms with E-state index < -0.39 is 0 Å². The highest BCUT2D eigenvalue weighted by atomic mass is 15.0.